The number of hydrogen-bond acceptors (Lipinski definition) is 8. The molecule has 3 rings (SSSR count). The van der Waals surface area contributed by atoms with E-state index in [0.29, 0.717) is 35.1 Å². The topological polar surface area (TPSA) is 110 Å². The van der Waals surface area contributed by atoms with Gasteiger partial charge in [0.05, 0.1) is 12.0 Å². The lowest BCUT2D eigenvalue weighted by molar-refractivity contribution is -0.127. The molecule has 0 saturated carbocycles. The first-order chi connectivity index (χ1) is 12.1. The van der Waals surface area contributed by atoms with Gasteiger partial charge in [0.25, 0.3) is 0 Å². The number of likely N-dealkylation sites (tertiary alicyclic amines) is 1. The fourth-order valence-corrected chi connectivity index (χ4v) is 3.72. The van der Waals surface area contributed by atoms with Crippen molar-refractivity contribution in [2.24, 2.45) is 0 Å². The van der Waals surface area contributed by atoms with Crippen molar-refractivity contribution in [1.29, 1.82) is 0 Å². The summed E-state index contributed by atoms with van der Waals surface area (Å²) in [5.74, 6) is 0.608. The van der Waals surface area contributed by atoms with Crippen LogP contribution in [0.4, 0.5) is 11.8 Å². The maximum Gasteiger partial charge on any atom is 0.348 e. The van der Waals surface area contributed by atoms with Crippen LogP contribution >= 0.6 is 11.3 Å². The van der Waals surface area contributed by atoms with Crippen LogP contribution in [0, 0.1) is 0 Å². The lowest BCUT2D eigenvalue weighted by atomic mass is 10.3. The number of anilines is 2. The van der Waals surface area contributed by atoms with Gasteiger partial charge in [-0.25, -0.2) is 9.78 Å². The van der Waals surface area contributed by atoms with Gasteiger partial charge in [-0.1, -0.05) is 0 Å². The summed E-state index contributed by atoms with van der Waals surface area (Å²) < 4.78 is 5.03. The number of ether oxygens (including phenoxy) is 1. The third-order valence-electron chi connectivity index (χ3n) is 3.96. The molecule has 2 aromatic heterocycles. The predicted molar refractivity (Wildman–Crippen MR) is 96.7 cm³/mol. The number of thiophene rings is 1. The highest BCUT2D eigenvalue weighted by Gasteiger charge is 2.19. The standard InChI is InChI=1S/C16H21N5O3S/c1-2-24-15(23)11-9-10-13(19-16(17)20-14(10)25-11)18-6-4-8-21-7-3-5-12(21)22/h9H,2-8H2,1H3,(H3,17,18,19,20). The molecule has 1 saturated heterocycles. The maximum absolute atomic E-state index is 11.9. The molecule has 1 aliphatic rings. The number of nitrogen functional groups attached to an aromatic ring is 1. The van der Waals surface area contributed by atoms with Crippen LogP contribution in [0.3, 0.4) is 0 Å². The van der Waals surface area contributed by atoms with Crippen molar-refractivity contribution in [3.05, 3.63) is 10.9 Å². The summed E-state index contributed by atoms with van der Waals surface area (Å²) in [6, 6.07) is 1.73. The SMILES string of the molecule is CCOC(=O)c1cc2c(NCCCN3CCCC3=O)nc(N)nc2s1. The lowest BCUT2D eigenvalue weighted by Gasteiger charge is -2.15. The summed E-state index contributed by atoms with van der Waals surface area (Å²) in [5.41, 5.74) is 5.77. The van der Waals surface area contributed by atoms with E-state index in [4.69, 9.17) is 10.5 Å². The Balaban J connectivity index is 1.67. The molecule has 1 fully saturated rings. The van der Waals surface area contributed by atoms with E-state index in [-0.39, 0.29) is 17.8 Å². The number of fused-ring (bicyclic) bond motifs is 1. The van der Waals surface area contributed by atoms with Crippen LogP contribution in [-0.4, -0.2) is 53.0 Å². The van der Waals surface area contributed by atoms with Gasteiger partial charge in [0, 0.05) is 26.1 Å². The number of nitrogens with zero attached hydrogens (tertiary/aromatic N) is 3. The average molecular weight is 363 g/mol. The van der Waals surface area contributed by atoms with Crippen LogP contribution in [0.5, 0.6) is 0 Å². The zero-order valence-electron chi connectivity index (χ0n) is 14.1. The monoisotopic (exact) mass is 363 g/mol. The van der Waals surface area contributed by atoms with Crippen molar-refractivity contribution in [3.8, 4) is 0 Å². The number of carbonyl (C=O) groups is 2. The quantitative estimate of drug-likeness (QED) is 0.571. The minimum absolute atomic E-state index is 0.155. The number of nitrogens with one attached hydrogen (secondary N) is 1. The average Bonchev–Trinajstić information content (AvgIpc) is 3.18. The van der Waals surface area contributed by atoms with Crippen molar-refractivity contribution in [2.45, 2.75) is 26.2 Å². The molecule has 0 aliphatic carbocycles. The van der Waals surface area contributed by atoms with Crippen molar-refractivity contribution in [2.75, 3.05) is 37.3 Å². The van der Waals surface area contributed by atoms with Gasteiger partial charge in [-0.05, 0) is 25.8 Å². The van der Waals surface area contributed by atoms with Crippen molar-refractivity contribution in [3.63, 3.8) is 0 Å². The largest absolute Gasteiger partial charge is 0.462 e. The molecule has 1 aliphatic heterocycles. The molecule has 9 heteroatoms. The number of nitrogens with two attached hydrogens (primary N) is 1. The highest BCUT2D eigenvalue weighted by atomic mass is 32.1. The van der Waals surface area contributed by atoms with E-state index in [1.807, 2.05) is 4.90 Å². The number of carbonyl (C=O) groups excluding carboxylic acids is 2. The van der Waals surface area contributed by atoms with E-state index in [9.17, 15) is 9.59 Å². The predicted octanol–water partition coefficient (Wildman–Crippen LogP) is 1.87. The van der Waals surface area contributed by atoms with Crippen LogP contribution < -0.4 is 11.1 Å². The zero-order valence-corrected chi connectivity index (χ0v) is 14.9. The molecule has 8 nitrogen and oxygen atoms in total. The third-order valence-corrected chi connectivity index (χ3v) is 4.96. The Morgan fingerprint density at radius 2 is 2.32 bits per heavy atom. The van der Waals surface area contributed by atoms with Crippen molar-refractivity contribution < 1.29 is 14.3 Å². The van der Waals surface area contributed by atoms with Crippen LogP contribution in [0.25, 0.3) is 10.2 Å². The maximum atomic E-state index is 11.9. The van der Waals surface area contributed by atoms with Gasteiger partial charge in [-0.15, -0.1) is 11.3 Å². The number of amides is 1. The molecule has 0 bridgehead atoms. The van der Waals surface area contributed by atoms with Crippen molar-refractivity contribution >= 4 is 45.2 Å². The molecular weight excluding hydrogens is 342 g/mol. The Labute approximate surface area is 149 Å². The second-order valence-corrected chi connectivity index (χ2v) is 6.78. The first-order valence-electron chi connectivity index (χ1n) is 8.34. The summed E-state index contributed by atoms with van der Waals surface area (Å²) in [6.07, 6.45) is 2.41. The van der Waals surface area contributed by atoms with Gasteiger partial charge in [0.1, 0.15) is 15.5 Å². The molecule has 2 aromatic rings. The zero-order chi connectivity index (χ0) is 17.8. The highest BCUT2D eigenvalue weighted by Crippen LogP contribution is 2.30. The molecule has 1 amide bonds. The molecule has 134 valence electrons. The highest BCUT2D eigenvalue weighted by molar-refractivity contribution is 7.20. The van der Waals surface area contributed by atoms with E-state index in [1.165, 1.54) is 11.3 Å². The van der Waals surface area contributed by atoms with E-state index in [2.05, 4.69) is 15.3 Å². The Kier molecular flexibility index (Phi) is 5.32. The molecule has 0 aromatic carbocycles. The number of hydrogen-bond donors (Lipinski definition) is 2. The summed E-state index contributed by atoms with van der Waals surface area (Å²) in [4.78, 5) is 34.9. The molecule has 0 radical (unpaired) electrons. The van der Waals surface area contributed by atoms with E-state index < -0.39 is 0 Å². The third kappa shape index (κ3) is 3.98. The Hall–Kier alpha value is -2.42. The summed E-state index contributed by atoms with van der Waals surface area (Å²) in [6.45, 7) is 4.31. The molecule has 3 N–H and O–H groups in total. The number of rotatable bonds is 7. The molecule has 3 heterocycles. The fourth-order valence-electron chi connectivity index (χ4n) is 2.79. The van der Waals surface area contributed by atoms with Crippen LogP contribution in [0.2, 0.25) is 0 Å². The molecule has 0 atom stereocenters. The smallest absolute Gasteiger partial charge is 0.348 e. The van der Waals surface area contributed by atoms with Crippen LogP contribution in [0.15, 0.2) is 6.07 Å². The van der Waals surface area contributed by atoms with Gasteiger partial charge in [0.15, 0.2) is 0 Å². The molecule has 0 unspecified atom stereocenters. The van der Waals surface area contributed by atoms with Crippen molar-refractivity contribution in [1.82, 2.24) is 14.9 Å². The number of esters is 1. The van der Waals surface area contributed by atoms with Gasteiger partial charge in [-0.3, -0.25) is 4.79 Å². The molecule has 0 spiro atoms. The van der Waals surface area contributed by atoms with E-state index in [1.54, 1.807) is 13.0 Å². The minimum atomic E-state index is -0.373. The molecular formula is C16H21N5O3S. The Morgan fingerprint density at radius 1 is 1.48 bits per heavy atom. The second-order valence-electron chi connectivity index (χ2n) is 5.75. The first-order valence-corrected chi connectivity index (χ1v) is 9.16. The lowest BCUT2D eigenvalue weighted by Crippen LogP contribution is -2.27. The first kappa shape index (κ1) is 17.4. The summed E-state index contributed by atoms with van der Waals surface area (Å²) in [7, 11) is 0. The number of aromatic nitrogens is 2. The Bertz CT molecular complexity index is 791. The van der Waals surface area contributed by atoms with Gasteiger partial charge < -0.3 is 20.7 Å². The fraction of sp³-hybridized carbons (Fsp3) is 0.500. The summed E-state index contributed by atoms with van der Waals surface area (Å²) >= 11 is 1.24. The van der Waals surface area contributed by atoms with Crippen LogP contribution in [0.1, 0.15) is 35.9 Å². The van der Waals surface area contributed by atoms with Gasteiger partial charge >= 0.3 is 5.97 Å². The normalized spacial score (nSPS) is 14.3. The van der Waals surface area contributed by atoms with Crippen LogP contribution in [-0.2, 0) is 9.53 Å². The van der Waals surface area contributed by atoms with E-state index in [0.717, 1.165) is 31.3 Å². The van der Waals surface area contributed by atoms with Gasteiger partial charge in [0.2, 0.25) is 11.9 Å². The molecule has 25 heavy (non-hydrogen) atoms. The van der Waals surface area contributed by atoms with Gasteiger partial charge in [-0.2, -0.15) is 4.98 Å². The minimum Gasteiger partial charge on any atom is -0.462 e. The second kappa shape index (κ2) is 7.64. The summed E-state index contributed by atoms with van der Waals surface area (Å²) in [5, 5.41) is 3.99. The van der Waals surface area contributed by atoms with E-state index >= 15 is 0 Å². The Morgan fingerprint density at radius 3 is 3.04 bits per heavy atom.